The molecule has 5 heteroatoms. The highest BCUT2D eigenvalue weighted by Gasteiger charge is 2.13. The van der Waals surface area contributed by atoms with Gasteiger partial charge in [0.1, 0.15) is 0 Å². The Labute approximate surface area is 93.3 Å². The molecule has 84 valence electrons. The highest BCUT2D eigenvalue weighted by molar-refractivity contribution is 5.93. The van der Waals surface area contributed by atoms with Crippen molar-refractivity contribution in [2.24, 2.45) is 0 Å². The Morgan fingerprint density at radius 2 is 2.38 bits per heavy atom. The van der Waals surface area contributed by atoms with E-state index in [0.29, 0.717) is 18.7 Å². The maximum absolute atomic E-state index is 12.6. The molecule has 16 heavy (non-hydrogen) atoms. The van der Waals surface area contributed by atoms with Crippen molar-refractivity contribution < 1.29 is 9.18 Å². The van der Waals surface area contributed by atoms with Crippen LogP contribution in [0.4, 0.5) is 4.39 Å². The largest absolute Gasteiger partial charge is 0.338 e. The van der Waals surface area contributed by atoms with E-state index in [1.807, 2.05) is 13.0 Å². The van der Waals surface area contributed by atoms with Crippen molar-refractivity contribution in [3.63, 3.8) is 0 Å². The van der Waals surface area contributed by atoms with Crippen LogP contribution >= 0.6 is 0 Å². The minimum Gasteiger partial charge on any atom is -0.338 e. The number of amides is 1. The van der Waals surface area contributed by atoms with Crippen LogP contribution in [0.15, 0.2) is 18.3 Å². The standard InChI is InChI=1S/C11H12FN3O/c1-2-15(7-3-6-13)11(16)9-4-5-10(12)14-8-9/h4-5,8H,2-3,7H2,1H3. The summed E-state index contributed by atoms with van der Waals surface area (Å²) in [6.07, 6.45) is 1.49. The van der Waals surface area contributed by atoms with E-state index < -0.39 is 5.95 Å². The normalized spacial score (nSPS) is 9.56. The molecule has 0 unspecified atom stereocenters. The molecule has 1 rings (SSSR count). The predicted octanol–water partition coefficient (Wildman–Crippen LogP) is 1.60. The fourth-order valence-electron chi connectivity index (χ4n) is 1.27. The van der Waals surface area contributed by atoms with Crippen molar-refractivity contribution in [3.05, 3.63) is 29.8 Å². The number of nitrogens with zero attached hydrogens (tertiary/aromatic N) is 3. The Morgan fingerprint density at radius 3 is 2.88 bits per heavy atom. The van der Waals surface area contributed by atoms with Gasteiger partial charge in [-0.1, -0.05) is 0 Å². The summed E-state index contributed by atoms with van der Waals surface area (Å²) in [5, 5.41) is 8.45. The molecule has 0 saturated heterocycles. The monoisotopic (exact) mass is 221 g/mol. The van der Waals surface area contributed by atoms with Gasteiger partial charge in [-0.15, -0.1) is 0 Å². The number of pyridine rings is 1. The van der Waals surface area contributed by atoms with Gasteiger partial charge in [-0.3, -0.25) is 4.79 Å². The lowest BCUT2D eigenvalue weighted by Crippen LogP contribution is -2.31. The number of carbonyl (C=O) groups excluding carboxylic acids is 1. The molecule has 0 aliphatic heterocycles. The second kappa shape index (κ2) is 5.81. The maximum atomic E-state index is 12.6. The Kier molecular flexibility index (Phi) is 4.40. The summed E-state index contributed by atoms with van der Waals surface area (Å²) in [6, 6.07) is 4.51. The zero-order valence-corrected chi connectivity index (χ0v) is 8.98. The van der Waals surface area contributed by atoms with Crippen LogP contribution in [0.3, 0.4) is 0 Å². The molecule has 0 N–H and O–H groups in total. The zero-order valence-electron chi connectivity index (χ0n) is 8.98. The molecular formula is C11H12FN3O. The molecule has 0 fully saturated rings. The molecule has 4 nitrogen and oxygen atoms in total. The minimum absolute atomic E-state index is 0.231. The topological polar surface area (TPSA) is 57.0 Å². The van der Waals surface area contributed by atoms with Gasteiger partial charge in [0.25, 0.3) is 5.91 Å². The first-order valence-corrected chi connectivity index (χ1v) is 4.96. The quantitative estimate of drug-likeness (QED) is 0.725. The molecule has 0 aromatic carbocycles. The molecule has 0 radical (unpaired) electrons. The highest BCUT2D eigenvalue weighted by Crippen LogP contribution is 2.05. The number of hydrogen-bond donors (Lipinski definition) is 0. The van der Waals surface area contributed by atoms with Crippen LogP contribution in [0.25, 0.3) is 0 Å². The van der Waals surface area contributed by atoms with Crippen molar-refractivity contribution in [2.45, 2.75) is 13.3 Å². The number of aromatic nitrogens is 1. The lowest BCUT2D eigenvalue weighted by atomic mass is 10.2. The van der Waals surface area contributed by atoms with Gasteiger partial charge in [0.2, 0.25) is 5.95 Å². The van der Waals surface area contributed by atoms with Gasteiger partial charge in [-0.2, -0.15) is 9.65 Å². The van der Waals surface area contributed by atoms with E-state index in [1.165, 1.54) is 17.2 Å². The second-order valence-corrected chi connectivity index (χ2v) is 3.16. The minimum atomic E-state index is -0.614. The second-order valence-electron chi connectivity index (χ2n) is 3.16. The molecule has 1 aromatic heterocycles. The van der Waals surface area contributed by atoms with Crippen molar-refractivity contribution in [2.75, 3.05) is 13.1 Å². The average molecular weight is 221 g/mol. The molecule has 1 heterocycles. The van der Waals surface area contributed by atoms with Crippen molar-refractivity contribution in [1.82, 2.24) is 9.88 Å². The summed E-state index contributed by atoms with van der Waals surface area (Å²) in [5.41, 5.74) is 0.334. The third-order valence-corrected chi connectivity index (χ3v) is 2.14. The van der Waals surface area contributed by atoms with Gasteiger partial charge in [0.15, 0.2) is 0 Å². The molecular weight excluding hydrogens is 209 g/mol. The number of rotatable bonds is 4. The Hall–Kier alpha value is -1.96. The summed E-state index contributed by atoms with van der Waals surface area (Å²) in [7, 11) is 0. The SMILES string of the molecule is CCN(CCC#N)C(=O)c1ccc(F)nc1. The van der Waals surface area contributed by atoms with E-state index in [4.69, 9.17) is 5.26 Å². The van der Waals surface area contributed by atoms with E-state index in [2.05, 4.69) is 4.98 Å². The van der Waals surface area contributed by atoms with Crippen LogP contribution in [0, 0.1) is 17.3 Å². The first kappa shape index (κ1) is 12.1. The molecule has 0 aliphatic rings. The third-order valence-electron chi connectivity index (χ3n) is 2.14. The third kappa shape index (κ3) is 3.02. The first-order chi connectivity index (χ1) is 7.69. The van der Waals surface area contributed by atoms with Crippen LogP contribution in [0.2, 0.25) is 0 Å². The molecule has 0 spiro atoms. The number of hydrogen-bond acceptors (Lipinski definition) is 3. The summed E-state index contributed by atoms with van der Waals surface area (Å²) in [6.45, 7) is 2.72. The lowest BCUT2D eigenvalue weighted by molar-refractivity contribution is 0.0767. The Balaban J connectivity index is 2.75. The van der Waals surface area contributed by atoms with Gasteiger partial charge in [-0.05, 0) is 19.1 Å². The lowest BCUT2D eigenvalue weighted by Gasteiger charge is -2.19. The molecule has 1 aromatic rings. The predicted molar refractivity (Wildman–Crippen MR) is 56.0 cm³/mol. The van der Waals surface area contributed by atoms with Crippen LogP contribution < -0.4 is 0 Å². The maximum Gasteiger partial charge on any atom is 0.255 e. The Bertz CT molecular complexity index is 397. The van der Waals surface area contributed by atoms with Gasteiger partial charge < -0.3 is 4.90 Å². The van der Waals surface area contributed by atoms with Gasteiger partial charge >= 0.3 is 0 Å². The van der Waals surface area contributed by atoms with Gasteiger partial charge in [-0.25, -0.2) is 4.98 Å². The summed E-state index contributed by atoms with van der Waals surface area (Å²) in [4.78, 5) is 16.8. The summed E-state index contributed by atoms with van der Waals surface area (Å²) >= 11 is 0. The summed E-state index contributed by atoms with van der Waals surface area (Å²) < 4.78 is 12.6. The van der Waals surface area contributed by atoms with Crippen molar-refractivity contribution in [1.29, 1.82) is 5.26 Å². The number of halogens is 1. The van der Waals surface area contributed by atoms with E-state index >= 15 is 0 Å². The molecule has 0 atom stereocenters. The number of carbonyl (C=O) groups is 1. The van der Waals surface area contributed by atoms with E-state index in [1.54, 1.807) is 0 Å². The smallest absolute Gasteiger partial charge is 0.255 e. The van der Waals surface area contributed by atoms with Gasteiger partial charge in [0, 0.05) is 19.3 Å². The van der Waals surface area contributed by atoms with Crippen LogP contribution in [-0.2, 0) is 0 Å². The fraction of sp³-hybridized carbons (Fsp3) is 0.364. The summed E-state index contributed by atoms with van der Waals surface area (Å²) in [5.74, 6) is -0.845. The molecule has 0 saturated carbocycles. The van der Waals surface area contributed by atoms with Crippen molar-refractivity contribution in [3.8, 4) is 6.07 Å². The molecule has 1 amide bonds. The van der Waals surface area contributed by atoms with Crippen LogP contribution in [0.1, 0.15) is 23.7 Å². The number of nitriles is 1. The van der Waals surface area contributed by atoms with E-state index in [-0.39, 0.29) is 12.3 Å². The van der Waals surface area contributed by atoms with Gasteiger partial charge in [0.05, 0.1) is 18.1 Å². The van der Waals surface area contributed by atoms with E-state index in [9.17, 15) is 9.18 Å². The molecule has 0 aliphatic carbocycles. The van der Waals surface area contributed by atoms with Crippen LogP contribution in [0.5, 0.6) is 0 Å². The zero-order chi connectivity index (χ0) is 12.0. The van der Waals surface area contributed by atoms with E-state index in [0.717, 1.165) is 6.07 Å². The van der Waals surface area contributed by atoms with Crippen molar-refractivity contribution >= 4 is 5.91 Å². The Morgan fingerprint density at radius 1 is 1.62 bits per heavy atom. The first-order valence-electron chi connectivity index (χ1n) is 4.96. The average Bonchev–Trinajstić information content (AvgIpc) is 2.30. The highest BCUT2D eigenvalue weighted by atomic mass is 19.1. The fourth-order valence-corrected chi connectivity index (χ4v) is 1.27. The van der Waals surface area contributed by atoms with Crippen LogP contribution in [-0.4, -0.2) is 28.9 Å². The molecule has 0 bridgehead atoms.